The van der Waals surface area contributed by atoms with Gasteiger partial charge in [-0.3, -0.25) is 0 Å². The van der Waals surface area contributed by atoms with E-state index < -0.39 is 0 Å². The normalized spacial score (nSPS) is 20.7. The highest BCUT2D eigenvalue weighted by Crippen LogP contribution is 2.57. The van der Waals surface area contributed by atoms with Crippen molar-refractivity contribution in [3.63, 3.8) is 0 Å². The van der Waals surface area contributed by atoms with E-state index in [2.05, 4.69) is 62.4 Å². The van der Waals surface area contributed by atoms with Gasteiger partial charge in [0, 0.05) is 15.6 Å². The summed E-state index contributed by atoms with van der Waals surface area (Å²) in [6.45, 7) is 12.5. The summed E-state index contributed by atoms with van der Waals surface area (Å²) in [6.07, 6.45) is 2.09. The summed E-state index contributed by atoms with van der Waals surface area (Å²) in [7, 11) is 0. The molecule has 2 unspecified atom stereocenters. The molecule has 0 spiro atoms. The minimum Gasteiger partial charge on any atom is -0.396 e. The molecule has 0 aromatic heterocycles. The highest BCUT2D eigenvalue weighted by Gasteiger charge is 2.53. The first-order valence-electron chi connectivity index (χ1n) is 9.51. The van der Waals surface area contributed by atoms with Gasteiger partial charge in [-0.1, -0.05) is 75.2 Å². The van der Waals surface area contributed by atoms with E-state index in [-0.39, 0.29) is 12.0 Å². The monoisotopic (exact) mass is 358 g/mol. The molecular weight excluding hydrogens is 324 g/mol. The molecular formula is C23H34OS. The van der Waals surface area contributed by atoms with Crippen LogP contribution in [0.1, 0.15) is 50.8 Å². The molecule has 3 rings (SSSR count). The first kappa shape index (κ1) is 21.8. The van der Waals surface area contributed by atoms with Crippen molar-refractivity contribution >= 4 is 11.8 Å². The van der Waals surface area contributed by atoms with Gasteiger partial charge in [0.05, 0.1) is 6.61 Å². The van der Waals surface area contributed by atoms with Crippen LogP contribution in [0.3, 0.4) is 0 Å². The van der Waals surface area contributed by atoms with Crippen LogP contribution in [0.4, 0.5) is 0 Å². The SMILES string of the molecule is CC.CC.Cc1ccc(CC2(CO)CC2Sc2ccc(C)cc2)cc1. The molecule has 1 saturated carbocycles. The van der Waals surface area contributed by atoms with E-state index in [1.165, 1.54) is 21.6 Å². The minimum absolute atomic E-state index is 0.0742. The number of benzene rings is 2. The third kappa shape index (κ3) is 6.20. The number of aliphatic hydroxyl groups excluding tert-OH is 1. The van der Waals surface area contributed by atoms with E-state index in [4.69, 9.17) is 0 Å². The van der Waals surface area contributed by atoms with Crippen molar-refractivity contribution in [3.05, 3.63) is 65.2 Å². The molecule has 0 radical (unpaired) electrons. The van der Waals surface area contributed by atoms with E-state index in [1.807, 2.05) is 39.5 Å². The molecule has 2 heteroatoms. The lowest BCUT2D eigenvalue weighted by atomic mass is 9.97. The van der Waals surface area contributed by atoms with Gasteiger partial charge in [-0.05, 0) is 44.4 Å². The number of hydrogen-bond acceptors (Lipinski definition) is 2. The summed E-state index contributed by atoms with van der Waals surface area (Å²) in [5.41, 5.74) is 3.99. The molecule has 2 atom stereocenters. The molecule has 138 valence electrons. The standard InChI is InChI=1S/C19H22OS.2C2H6/c1-14-3-7-16(8-4-14)11-19(13-20)12-18(19)21-17-9-5-15(2)6-10-17;2*1-2/h3-10,18,20H,11-13H2,1-2H3;2*1-2H3. The van der Waals surface area contributed by atoms with Gasteiger partial charge >= 0.3 is 0 Å². The second kappa shape index (κ2) is 10.7. The lowest BCUT2D eigenvalue weighted by Gasteiger charge is -2.14. The lowest BCUT2D eigenvalue weighted by molar-refractivity contribution is 0.212. The maximum Gasteiger partial charge on any atom is 0.0501 e. The van der Waals surface area contributed by atoms with Crippen molar-refractivity contribution < 1.29 is 5.11 Å². The summed E-state index contributed by atoms with van der Waals surface area (Å²) in [5, 5.41) is 10.4. The van der Waals surface area contributed by atoms with Crippen molar-refractivity contribution in [1.82, 2.24) is 0 Å². The van der Waals surface area contributed by atoms with Gasteiger partial charge in [0.25, 0.3) is 0 Å². The van der Waals surface area contributed by atoms with Gasteiger partial charge in [-0.15, -0.1) is 11.8 Å². The smallest absolute Gasteiger partial charge is 0.0501 e. The topological polar surface area (TPSA) is 20.2 Å². The molecule has 25 heavy (non-hydrogen) atoms. The Bertz CT molecular complexity index is 603. The van der Waals surface area contributed by atoms with Crippen LogP contribution in [0.15, 0.2) is 53.4 Å². The molecule has 0 bridgehead atoms. The van der Waals surface area contributed by atoms with Crippen LogP contribution in [-0.4, -0.2) is 17.0 Å². The van der Waals surface area contributed by atoms with Gasteiger partial charge < -0.3 is 5.11 Å². The number of rotatable bonds is 5. The first-order valence-corrected chi connectivity index (χ1v) is 10.4. The number of aliphatic hydroxyl groups is 1. The van der Waals surface area contributed by atoms with Crippen LogP contribution in [0.25, 0.3) is 0 Å². The number of aryl methyl sites for hydroxylation is 2. The van der Waals surface area contributed by atoms with E-state index in [0.717, 1.165) is 12.8 Å². The highest BCUT2D eigenvalue weighted by molar-refractivity contribution is 8.00. The Morgan fingerprint density at radius 3 is 1.84 bits per heavy atom. The van der Waals surface area contributed by atoms with Gasteiger partial charge in [-0.2, -0.15) is 0 Å². The summed E-state index contributed by atoms with van der Waals surface area (Å²) in [6, 6.07) is 17.4. The second-order valence-electron chi connectivity index (χ2n) is 6.31. The molecule has 1 nitrogen and oxygen atoms in total. The molecule has 0 heterocycles. The molecule has 0 amide bonds. The fraction of sp³-hybridized carbons (Fsp3) is 0.478. The van der Waals surface area contributed by atoms with E-state index in [0.29, 0.717) is 5.25 Å². The maximum absolute atomic E-state index is 9.85. The molecule has 2 aromatic rings. The van der Waals surface area contributed by atoms with Crippen LogP contribution >= 0.6 is 11.8 Å². The van der Waals surface area contributed by atoms with Crippen molar-refractivity contribution in [1.29, 1.82) is 0 Å². The first-order chi connectivity index (χ1) is 12.1. The molecule has 1 aliphatic rings. The quantitative estimate of drug-likeness (QED) is 0.663. The maximum atomic E-state index is 9.85. The zero-order valence-electron chi connectivity index (χ0n) is 16.7. The van der Waals surface area contributed by atoms with E-state index >= 15 is 0 Å². The molecule has 1 aliphatic carbocycles. The van der Waals surface area contributed by atoms with Crippen molar-refractivity contribution in [2.45, 2.75) is 64.5 Å². The fourth-order valence-electron chi connectivity index (χ4n) is 2.78. The van der Waals surface area contributed by atoms with E-state index in [1.54, 1.807) is 0 Å². The predicted molar refractivity (Wildman–Crippen MR) is 113 cm³/mol. The van der Waals surface area contributed by atoms with Crippen LogP contribution in [0, 0.1) is 19.3 Å². The molecule has 0 aliphatic heterocycles. The minimum atomic E-state index is 0.0742. The molecule has 0 saturated heterocycles. The molecule has 2 aromatic carbocycles. The van der Waals surface area contributed by atoms with Crippen LogP contribution in [0.5, 0.6) is 0 Å². The molecule has 1 fully saturated rings. The zero-order valence-corrected chi connectivity index (χ0v) is 17.5. The average molecular weight is 359 g/mol. The summed E-state index contributed by atoms with van der Waals surface area (Å²) in [4.78, 5) is 1.31. The zero-order chi connectivity index (χ0) is 18.9. The Kier molecular flexibility index (Phi) is 9.31. The van der Waals surface area contributed by atoms with Crippen LogP contribution in [-0.2, 0) is 6.42 Å². The van der Waals surface area contributed by atoms with Crippen molar-refractivity contribution in [3.8, 4) is 0 Å². The van der Waals surface area contributed by atoms with Gasteiger partial charge in [-0.25, -0.2) is 0 Å². The van der Waals surface area contributed by atoms with Gasteiger partial charge in [0.2, 0.25) is 0 Å². The molecule has 1 N–H and O–H groups in total. The average Bonchev–Trinajstić information content (AvgIpc) is 3.35. The third-order valence-corrected chi connectivity index (χ3v) is 5.90. The van der Waals surface area contributed by atoms with Crippen LogP contribution in [0.2, 0.25) is 0 Å². The lowest BCUT2D eigenvalue weighted by Crippen LogP contribution is -2.14. The number of thioether (sulfide) groups is 1. The summed E-state index contributed by atoms with van der Waals surface area (Å²) >= 11 is 1.91. The van der Waals surface area contributed by atoms with Crippen molar-refractivity contribution in [2.75, 3.05) is 6.61 Å². The largest absolute Gasteiger partial charge is 0.396 e. The van der Waals surface area contributed by atoms with Crippen molar-refractivity contribution in [2.24, 2.45) is 5.41 Å². The fourth-order valence-corrected chi connectivity index (χ4v) is 4.22. The van der Waals surface area contributed by atoms with E-state index in [9.17, 15) is 5.11 Å². The summed E-state index contributed by atoms with van der Waals surface area (Å²) < 4.78 is 0. The third-order valence-electron chi connectivity index (χ3n) is 4.41. The Morgan fingerprint density at radius 2 is 1.36 bits per heavy atom. The van der Waals surface area contributed by atoms with Gasteiger partial charge in [0.15, 0.2) is 0 Å². The summed E-state index contributed by atoms with van der Waals surface area (Å²) in [5.74, 6) is 0. The van der Waals surface area contributed by atoms with Crippen LogP contribution < -0.4 is 0 Å². The Hall–Kier alpha value is -1.25. The predicted octanol–water partition coefficient (Wildman–Crippen LogP) is 6.44. The number of hydrogen-bond donors (Lipinski definition) is 1. The second-order valence-corrected chi connectivity index (χ2v) is 7.58. The van der Waals surface area contributed by atoms with Gasteiger partial charge in [0.1, 0.15) is 0 Å². The Labute approximate surface area is 158 Å². The highest BCUT2D eigenvalue weighted by atomic mass is 32.2. The Balaban J connectivity index is 0.000000730. The Morgan fingerprint density at radius 1 is 0.880 bits per heavy atom.